The van der Waals surface area contributed by atoms with E-state index in [0.717, 1.165) is 24.5 Å². The zero-order valence-electron chi connectivity index (χ0n) is 9.19. The number of nitrogens with two attached hydrogens (primary N) is 1. The summed E-state index contributed by atoms with van der Waals surface area (Å²) in [5.74, 6) is 6.85. The summed E-state index contributed by atoms with van der Waals surface area (Å²) in [5, 5.41) is 0. The number of rotatable bonds is 7. The first-order valence-electron chi connectivity index (χ1n) is 4.94. The Morgan fingerprint density at radius 1 is 1.62 bits per heavy atom. The lowest BCUT2D eigenvalue weighted by Crippen LogP contribution is -2.29. The third-order valence-corrected chi connectivity index (χ3v) is 4.26. The molecule has 0 aromatic carbocycles. The average Bonchev–Trinajstić information content (AvgIpc) is 2.76. The van der Waals surface area contributed by atoms with E-state index < -0.39 is 0 Å². The molecule has 1 rings (SSSR count). The molecule has 1 heterocycles. The molecule has 16 heavy (non-hydrogen) atoms. The molecule has 0 fully saturated rings. The molecule has 1 aromatic heterocycles. The fourth-order valence-corrected chi connectivity index (χ4v) is 3.08. The molecule has 90 valence electrons. The fourth-order valence-electron chi connectivity index (χ4n) is 1.13. The Morgan fingerprint density at radius 2 is 2.44 bits per heavy atom. The highest BCUT2D eigenvalue weighted by Crippen LogP contribution is 2.21. The van der Waals surface area contributed by atoms with Crippen LogP contribution in [0.3, 0.4) is 0 Å². The Hall–Kier alpha value is -0.560. The predicted molar refractivity (Wildman–Crippen MR) is 68.6 cm³/mol. The summed E-state index contributed by atoms with van der Waals surface area (Å²) >= 11 is 3.33. The second kappa shape index (κ2) is 7.67. The van der Waals surface area contributed by atoms with E-state index in [1.807, 2.05) is 17.8 Å². The lowest BCUT2D eigenvalue weighted by Gasteiger charge is -1.99. The van der Waals surface area contributed by atoms with Gasteiger partial charge < -0.3 is 4.74 Å². The Kier molecular flexibility index (Phi) is 6.47. The molecule has 0 saturated carbocycles. The summed E-state index contributed by atoms with van der Waals surface area (Å²) in [7, 11) is 1.71. The second-order valence-corrected chi connectivity index (χ2v) is 5.41. The number of nitrogen functional groups attached to an aromatic ring is 1. The lowest BCUT2D eigenvalue weighted by atomic mass is 10.4. The van der Waals surface area contributed by atoms with Gasteiger partial charge in [0.05, 0.1) is 4.88 Å². The maximum atomic E-state index is 11.2. The van der Waals surface area contributed by atoms with E-state index in [2.05, 4.69) is 5.43 Å². The van der Waals surface area contributed by atoms with Gasteiger partial charge in [-0.1, -0.05) is 0 Å². The Labute approximate surface area is 104 Å². The highest BCUT2D eigenvalue weighted by molar-refractivity contribution is 7.98. The van der Waals surface area contributed by atoms with Crippen molar-refractivity contribution in [1.82, 2.24) is 5.43 Å². The quantitative estimate of drug-likeness (QED) is 0.338. The number of carbonyl (C=O) groups is 1. The molecule has 0 saturated heterocycles. The van der Waals surface area contributed by atoms with Crippen molar-refractivity contribution in [3.05, 3.63) is 21.9 Å². The summed E-state index contributed by atoms with van der Waals surface area (Å²) < 4.78 is 4.97. The maximum absolute atomic E-state index is 11.2. The van der Waals surface area contributed by atoms with Crippen LogP contribution in [-0.4, -0.2) is 25.4 Å². The number of amides is 1. The number of hydrogen-bond acceptors (Lipinski definition) is 5. The Balaban J connectivity index is 2.27. The predicted octanol–water partition coefficient (Wildman–Crippen LogP) is 1.62. The highest BCUT2D eigenvalue weighted by atomic mass is 32.2. The molecule has 1 amide bonds. The lowest BCUT2D eigenvalue weighted by molar-refractivity contribution is 0.0957. The Morgan fingerprint density at radius 3 is 3.12 bits per heavy atom. The van der Waals surface area contributed by atoms with Crippen LogP contribution in [0.15, 0.2) is 12.1 Å². The summed E-state index contributed by atoms with van der Waals surface area (Å²) in [5.41, 5.74) is 2.13. The summed E-state index contributed by atoms with van der Waals surface area (Å²) in [4.78, 5) is 13.1. The van der Waals surface area contributed by atoms with Gasteiger partial charge in [-0.2, -0.15) is 11.8 Å². The number of hydrogen-bond donors (Lipinski definition) is 2. The normalized spacial score (nSPS) is 10.4. The zero-order chi connectivity index (χ0) is 11.8. The van der Waals surface area contributed by atoms with Gasteiger partial charge >= 0.3 is 0 Å². The van der Waals surface area contributed by atoms with E-state index in [4.69, 9.17) is 10.6 Å². The van der Waals surface area contributed by atoms with Gasteiger partial charge in [0.15, 0.2) is 0 Å². The maximum Gasteiger partial charge on any atom is 0.275 e. The van der Waals surface area contributed by atoms with E-state index in [0.29, 0.717) is 4.88 Å². The highest BCUT2D eigenvalue weighted by Gasteiger charge is 2.06. The molecule has 4 nitrogen and oxygen atoms in total. The minimum Gasteiger partial charge on any atom is -0.385 e. The topological polar surface area (TPSA) is 64.3 Å². The largest absolute Gasteiger partial charge is 0.385 e. The third kappa shape index (κ3) is 4.52. The first-order valence-corrected chi connectivity index (χ1v) is 6.91. The number of thioether (sulfide) groups is 1. The molecule has 0 bridgehead atoms. The van der Waals surface area contributed by atoms with Crippen molar-refractivity contribution in [2.75, 3.05) is 19.5 Å². The van der Waals surface area contributed by atoms with Crippen molar-refractivity contribution in [2.24, 2.45) is 5.84 Å². The van der Waals surface area contributed by atoms with Crippen molar-refractivity contribution < 1.29 is 9.53 Å². The fraction of sp³-hybridized carbons (Fsp3) is 0.500. The van der Waals surface area contributed by atoms with E-state index in [1.54, 1.807) is 13.2 Å². The van der Waals surface area contributed by atoms with Crippen molar-refractivity contribution in [2.45, 2.75) is 12.2 Å². The van der Waals surface area contributed by atoms with Gasteiger partial charge in [-0.05, 0) is 24.3 Å². The van der Waals surface area contributed by atoms with Crippen molar-refractivity contribution in [3.63, 3.8) is 0 Å². The third-order valence-electron chi connectivity index (χ3n) is 1.90. The first kappa shape index (κ1) is 13.5. The SMILES string of the molecule is COCCCSCc1ccc(C(=O)NN)s1. The molecule has 3 N–H and O–H groups in total. The Bertz CT molecular complexity index is 328. The van der Waals surface area contributed by atoms with Crippen molar-refractivity contribution in [1.29, 1.82) is 0 Å². The van der Waals surface area contributed by atoms with E-state index in [9.17, 15) is 4.79 Å². The molecule has 0 unspecified atom stereocenters. The van der Waals surface area contributed by atoms with Crippen LogP contribution in [0.25, 0.3) is 0 Å². The van der Waals surface area contributed by atoms with Gasteiger partial charge in [-0.25, -0.2) is 5.84 Å². The first-order chi connectivity index (χ1) is 7.77. The summed E-state index contributed by atoms with van der Waals surface area (Å²) in [6.45, 7) is 0.804. The minimum atomic E-state index is -0.222. The van der Waals surface area contributed by atoms with E-state index >= 15 is 0 Å². The average molecular weight is 260 g/mol. The molecule has 1 aromatic rings. The molecule has 0 aliphatic heterocycles. The molecule has 0 radical (unpaired) electrons. The number of ether oxygens (including phenoxy) is 1. The molecular formula is C10H16N2O2S2. The van der Waals surface area contributed by atoms with Crippen LogP contribution in [0.2, 0.25) is 0 Å². The molecule has 0 aliphatic carbocycles. The molecule has 0 aliphatic rings. The molecule has 0 atom stereocenters. The standard InChI is InChI=1S/C10H16N2O2S2/c1-14-5-2-6-15-7-8-3-4-9(16-8)10(13)12-11/h3-4H,2,5-7,11H2,1H3,(H,12,13). The van der Waals surface area contributed by atoms with Crippen LogP contribution in [0.4, 0.5) is 0 Å². The van der Waals surface area contributed by atoms with Gasteiger partial charge in [0, 0.05) is 24.3 Å². The van der Waals surface area contributed by atoms with Crippen LogP contribution in [0.1, 0.15) is 21.0 Å². The van der Waals surface area contributed by atoms with Gasteiger partial charge in [0.2, 0.25) is 0 Å². The van der Waals surface area contributed by atoms with Gasteiger partial charge in [0.25, 0.3) is 5.91 Å². The number of thiophene rings is 1. The van der Waals surface area contributed by atoms with Crippen LogP contribution < -0.4 is 11.3 Å². The summed E-state index contributed by atoms with van der Waals surface area (Å²) in [6.07, 6.45) is 1.06. The van der Waals surface area contributed by atoms with Gasteiger partial charge in [-0.3, -0.25) is 10.2 Å². The van der Waals surface area contributed by atoms with Crippen molar-refractivity contribution in [3.8, 4) is 0 Å². The van der Waals surface area contributed by atoms with Gasteiger partial charge in [0.1, 0.15) is 0 Å². The van der Waals surface area contributed by atoms with Crippen LogP contribution in [0, 0.1) is 0 Å². The monoisotopic (exact) mass is 260 g/mol. The van der Waals surface area contributed by atoms with Gasteiger partial charge in [-0.15, -0.1) is 11.3 Å². The smallest absolute Gasteiger partial charge is 0.275 e. The number of hydrazine groups is 1. The van der Waals surface area contributed by atoms with E-state index in [1.165, 1.54) is 16.2 Å². The number of methoxy groups -OCH3 is 1. The molecule has 0 spiro atoms. The number of carbonyl (C=O) groups excluding carboxylic acids is 1. The number of nitrogens with one attached hydrogen (secondary N) is 1. The van der Waals surface area contributed by atoms with Crippen LogP contribution in [-0.2, 0) is 10.5 Å². The molecular weight excluding hydrogens is 244 g/mol. The molecule has 6 heteroatoms. The zero-order valence-corrected chi connectivity index (χ0v) is 10.8. The van der Waals surface area contributed by atoms with E-state index in [-0.39, 0.29) is 5.91 Å². The minimum absolute atomic E-state index is 0.222. The van der Waals surface area contributed by atoms with Crippen LogP contribution >= 0.6 is 23.1 Å². The van der Waals surface area contributed by atoms with Crippen molar-refractivity contribution >= 4 is 29.0 Å². The van der Waals surface area contributed by atoms with Crippen LogP contribution in [0.5, 0.6) is 0 Å². The second-order valence-electron chi connectivity index (χ2n) is 3.14. The summed E-state index contributed by atoms with van der Waals surface area (Å²) in [6, 6.07) is 3.77.